The number of nitrogens with two attached hydrogens (primary N) is 1. The first-order valence-corrected chi connectivity index (χ1v) is 7.65. The first-order valence-electron chi connectivity index (χ1n) is 7.65. The molecule has 3 N–H and O–H groups in total. The third kappa shape index (κ3) is 3.57. The van der Waals surface area contributed by atoms with Crippen molar-refractivity contribution in [3.8, 4) is 11.1 Å². The Morgan fingerprint density at radius 1 is 0.720 bits per heavy atom. The van der Waals surface area contributed by atoms with Gasteiger partial charge < -0.3 is 5.73 Å². The summed E-state index contributed by atoms with van der Waals surface area (Å²) in [5.41, 5.74) is 8.21. The Kier molecular flexibility index (Phi) is 4.59. The zero-order valence-electron chi connectivity index (χ0n) is 13.3. The Balaban J connectivity index is 1.80. The van der Waals surface area contributed by atoms with Crippen molar-refractivity contribution in [1.29, 1.82) is 0 Å². The first kappa shape index (κ1) is 16.4. The maximum atomic E-state index is 12.3. The van der Waals surface area contributed by atoms with Crippen LogP contribution in [0.5, 0.6) is 0 Å². The van der Waals surface area contributed by atoms with Crippen LogP contribution < -0.4 is 10.8 Å². The largest absolute Gasteiger partial charge is 0.366 e. The summed E-state index contributed by atoms with van der Waals surface area (Å²) in [7, 11) is 0. The molecule has 0 radical (unpaired) electrons. The molecule has 0 aliphatic rings. The van der Waals surface area contributed by atoms with Crippen molar-refractivity contribution in [1.82, 2.24) is 0 Å². The van der Waals surface area contributed by atoms with Crippen LogP contribution in [0.15, 0.2) is 78.9 Å². The van der Waals surface area contributed by atoms with E-state index in [1.807, 2.05) is 0 Å². The Bertz CT molecular complexity index is 888. The topological polar surface area (TPSA) is 83.6 Å². The summed E-state index contributed by atoms with van der Waals surface area (Å²) >= 11 is 0. The summed E-state index contributed by atoms with van der Waals surface area (Å²) in [6.07, 6.45) is 0. The third-order valence-electron chi connectivity index (χ3n) is 3.83. The minimum absolute atomic E-state index is 0.365. The molecule has 0 fully saturated rings. The molecule has 5 nitrogen and oxygen atoms in total. The van der Waals surface area contributed by atoms with E-state index in [1.165, 1.54) is 0 Å². The summed E-state index contributed by atoms with van der Waals surface area (Å²) in [5, 5.41) is 10.7. The second-order valence-corrected chi connectivity index (χ2v) is 5.47. The van der Waals surface area contributed by atoms with Crippen molar-refractivity contribution in [2.75, 3.05) is 5.06 Å². The number of carbonyl (C=O) groups is 2. The van der Waals surface area contributed by atoms with Gasteiger partial charge >= 0.3 is 0 Å². The van der Waals surface area contributed by atoms with Crippen LogP contribution in [0.2, 0.25) is 0 Å². The van der Waals surface area contributed by atoms with Crippen LogP contribution in [0.4, 0.5) is 5.69 Å². The van der Waals surface area contributed by atoms with Crippen LogP contribution in [-0.4, -0.2) is 17.0 Å². The Hall–Kier alpha value is -3.44. The summed E-state index contributed by atoms with van der Waals surface area (Å²) in [4.78, 5) is 23.4. The van der Waals surface area contributed by atoms with Gasteiger partial charge in [0.05, 0.1) is 5.69 Å². The second-order valence-electron chi connectivity index (χ2n) is 5.47. The van der Waals surface area contributed by atoms with E-state index in [2.05, 4.69) is 0 Å². The molecule has 0 unspecified atom stereocenters. The molecule has 3 aromatic carbocycles. The zero-order chi connectivity index (χ0) is 17.8. The lowest BCUT2D eigenvalue weighted by Crippen LogP contribution is -2.26. The van der Waals surface area contributed by atoms with Crippen molar-refractivity contribution in [2.24, 2.45) is 5.73 Å². The molecule has 0 aromatic heterocycles. The number of para-hydroxylation sites is 1. The highest BCUT2D eigenvalue weighted by molar-refractivity contribution is 6.04. The molecule has 2 amide bonds. The second kappa shape index (κ2) is 6.98. The molecule has 0 spiro atoms. The molecular formula is C20H16N2O3. The van der Waals surface area contributed by atoms with E-state index in [4.69, 9.17) is 5.73 Å². The van der Waals surface area contributed by atoms with E-state index in [0.717, 1.165) is 11.1 Å². The standard InChI is InChI=1S/C20H16N2O3/c21-19(23)16-10-6-14(7-11-16)15-8-12-17(13-9-15)20(24)22(25)18-4-2-1-3-5-18/h1-13,25H,(H2,21,23). The van der Waals surface area contributed by atoms with E-state index in [1.54, 1.807) is 78.9 Å². The van der Waals surface area contributed by atoms with Crippen molar-refractivity contribution >= 4 is 17.5 Å². The number of amides is 2. The van der Waals surface area contributed by atoms with Crippen LogP contribution in [-0.2, 0) is 0 Å². The highest BCUT2D eigenvalue weighted by atomic mass is 16.5. The van der Waals surface area contributed by atoms with Crippen molar-refractivity contribution in [2.45, 2.75) is 0 Å². The third-order valence-corrected chi connectivity index (χ3v) is 3.83. The fourth-order valence-electron chi connectivity index (χ4n) is 2.44. The average Bonchev–Trinajstić information content (AvgIpc) is 2.67. The van der Waals surface area contributed by atoms with E-state index < -0.39 is 11.8 Å². The average molecular weight is 332 g/mol. The maximum absolute atomic E-state index is 12.3. The van der Waals surface area contributed by atoms with Gasteiger partial charge in [0, 0.05) is 11.1 Å². The summed E-state index contributed by atoms with van der Waals surface area (Å²) in [6, 6.07) is 22.3. The molecule has 0 bridgehead atoms. The SMILES string of the molecule is NC(=O)c1ccc(-c2ccc(C(=O)N(O)c3ccccc3)cc2)cc1. The minimum Gasteiger partial charge on any atom is -0.366 e. The monoisotopic (exact) mass is 332 g/mol. The predicted octanol–water partition coefficient (Wildman–Crippen LogP) is 3.49. The van der Waals surface area contributed by atoms with Crippen molar-refractivity contribution in [3.63, 3.8) is 0 Å². The summed E-state index contributed by atoms with van der Waals surface area (Å²) < 4.78 is 0. The highest BCUT2D eigenvalue weighted by Gasteiger charge is 2.15. The van der Waals surface area contributed by atoms with E-state index >= 15 is 0 Å². The quantitative estimate of drug-likeness (QED) is 0.566. The van der Waals surface area contributed by atoms with Crippen molar-refractivity contribution < 1.29 is 14.8 Å². The Labute approximate surface area is 144 Å². The molecule has 3 rings (SSSR count). The van der Waals surface area contributed by atoms with Crippen LogP contribution >= 0.6 is 0 Å². The molecule has 5 heteroatoms. The van der Waals surface area contributed by atoms with Crippen LogP contribution in [0.1, 0.15) is 20.7 Å². The lowest BCUT2D eigenvalue weighted by Gasteiger charge is -2.15. The molecule has 124 valence electrons. The predicted molar refractivity (Wildman–Crippen MR) is 95.4 cm³/mol. The zero-order valence-corrected chi connectivity index (χ0v) is 13.3. The molecule has 0 aliphatic heterocycles. The lowest BCUT2D eigenvalue weighted by atomic mass is 10.0. The van der Waals surface area contributed by atoms with Gasteiger partial charge in [-0.1, -0.05) is 42.5 Å². The summed E-state index contributed by atoms with van der Waals surface area (Å²) in [5.74, 6) is -0.988. The Morgan fingerprint density at radius 3 is 1.68 bits per heavy atom. The van der Waals surface area contributed by atoms with E-state index in [9.17, 15) is 14.8 Å². The Morgan fingerprint density at radius 2 is 1.20 bits per heavy atom. The van der Waals surface area contributed by atoms with Gasteiger partial charge in [0.1, 0.15) is 0 Å². The normalized spacial score (nSPS) is 10.3. The first-order chi connectivity index (χ1) is 12.1. The van der Waals surface area contributed by atoms with Gasteiger partial charge in [-0.05, 0) is 47.5 Å². The number of nitrogens with zero attached hydrogens (tertiary/aromatic N) is 1. The van der Waals surface area contributed by atoms with E-state index in [0.29, 0.717) is 21.9 Å². The molecule has 0 aliphatic carbocycles. The van der Waals surface area contributed by atoms with Gasteiger partial charge in [-0.3, -0.25) is 14.8 Å². The molecular weight excluding hydrogens is 316 g/mol. The highest BCUT2D eigenvalue weighted by Crippen LogP contribution is 2.22. The fraction of sp³-hybridized carbons (Fsp3) is 0. The number of primary amides is 1. The molecule has 0 saturated carbocycles. The molecule has 0 atom stereocenters. The van der Waals surface area contributed by atoms with Gasteiger partial charge in [0.15, 0.2) is 0 Å². The molecule has 25 heavy (non-hydrogen) atoms. The van der Waals surface area contributed by atoms with Crippen LogP contribution in [0, 0.1) is 0 Å². The number of hydroxylamine groups is 1. The number of carbonyl (C=O) groups excluding carboxylic acids is 2. The van der Waals surface area contributed by atoms with E-state index in [-0.39, 0.29) is 0 Å². The van der Waals surface area contributed by atoms with Crippen molar-refractivity contribution in [3.05, 3.63) is 90.0 Å². The number of rotatable bonds is 4. The molecule has 0 heterocycles. The van der Waals surface area contributed by atoms with Crippen LogP contribution in [0.3, 0.4) is 0 Å². The van der Waals surface area contributed by atoms with Gasteiger partial charge in [-0.25, -0.2) is 0 Å². The van der Waals surface area contributed by atoms with Gasteiger partial charge in [-0.2, -0.15) is 5.06 Å². The molecule has 3 aromatic rings. The van der Waals surface area contributed by atoms with Crippen LogP contribution in [0.25, 0.3) is 11.1 Å². The summed E-state index contributed by atoms with van der Waals surface area (Å²) in [6.45, 7) is 0. The number of hydrogen-bond donors (Lipinski definition) is 2. The number of benzene rings is 3. The van der Waals surface area contributed by atoms with Gasteiger partial charge in [-0.15, -0.1) is 0 Å². The molecule has 0 saturated heterocycles. The smallest absolute Gasteiger partial charge is 0.281 e. The van der Waals surface area contributed by atoms with Gasteiger partial charge in [0.2, 0.25) is 5.91 Å². The number of hydrogen-bond acceptors (Lipinski definition) is 3. The minimum atomic E-state index is -0.512. The fourth-order valence-corrected chi connectivity index (χ4v) is 2.44. The number of anilines is 1. The lowest BCUT2D eigenvalue weighted by molar-refractivity contribution is 0.0854. The van der Waals surface area contributed by atoms with Gasteiger partial charge in [0.25, 0.3) is 5.91 Å². The maximum Gasteiger partial charge on any atom is 0.281 e.